The molecule has 17 heavy (non-hydrogen) atoms. The third-order valence-electron chi connectivity index (χ3n) is 2.45. The second-order valence-electron chi connectivity index (χ2n) is 3.54. The Morgan fingerprint density at radius 1 is 1.12 bits per heavy atom. The van der Waals surface area contributed by atoms with Crippen molar-refractivity contribution in [2.24, 2.45) is 0 Å². The number of rotatable bonds is 3. The van der Waals surface area contributed by atoms with Crippen LogP contribution in [0.25, 0.3) is 0 Å². The highest BCUT2D eigenvalue weighted by Crippen LogP contribution is 2.22. The molecule has 0 saturated carbocycles. The van der Waals surface area contributed by atoms with Gasteiger partial charge in [0.15, 0.2) is 5.78 Å². The van der Waals surface area contributed by atoms with Crippen molar-refractivity contribution < 1.29 is 4.79 Å². The van der Waals surface area contributed by atoms with Crippen molar-refractivity contribution in [3.63, 3.8) is 0 Å². The van der Waals surface area contributed by atoms with Crippen LogP contribution in [0.1, 0.15) is 15.9 Å². The van der Waals surface area contributed by atoms with Gasteiger partial charge in [0, 0.05) is 16.0 Å². The van der Waals surface area contributed by atoms with Crippen LogP contribution in [0.5, 0.6) is 0 Å². The number of hydrogen-bond donors (Lipinski definition) is 0. The Balaban J connectivity index is 2.40. The molecule has 0 aliphatic carbocycles. The third-order valence-corrected chi connectivity index (χ3v) is 3.51. The fraction of sp³-hybridized carbons (Fsp3) is 0.0714. The first kappa shape index (κ1) is 12.2. The average molecular weight is 263 g/mol. The summed E-state index contributed by atoms with van der Waals surface area (Å²) in [5.74, 6) is -0.0356. The SMILES string of the molecule is CSc1cccc(C(=O)c2ccccc2Cl)c1. The van der Waals surface area contributed by atoms with Gasteiger partial charge in [-0.05, 0) is 30.5 Å². The zero-order chi connectivity index (χ0) is 12.3. The number of benzene rings is 2. The molecular weight excluding hydrogens is 252 g/mol. The van der Waals surface area contributed by atoms with E-state index in [1.54, 1.807) is 23.9 Å². The summed E-state index contributed by atoms with van der Waals surface area (Å²) in [6, 6.07) is 14.7. The average Bonchev–Trinajstić information content (AvgIpc) is 2.38. The molecule has 1 nitrogen and oxygen atoms in total. The lowest BCUT2D eigenvalue weighted by molar-refractivity contribution is 0.103. The maximum absolute atomic E-state index is 12.2. The van der Waals surface area contributed by atoms with Crippen molar-refractivity contribution in [2.75, 3.05) is 6.26 Å². The van der Waals surface area contributed by atoms with Gasteiger partial charge >= 0.3 is 0 Å². The molecule has 86 valence electrons. The minimum atomic E-state index is -0.0356. The Labute approximate surface area is 110 Å². The van der Waals surface area contributed by atoms with Crippen LogP contribution in [0.2, 0.25) is 5.02 Å². The second kappa shape index (κ2) is 5.39. The van der Waals surface area contributed by atoms with E-state index in [4.69, 9.17) is 11.6 Å². The second-order valence-corrected chi connectivity index (χ2v) is 4.83. The summed E-state index contributed by atoms with van der Waals surface area (Å²) in [6.07, 6.45) is 1.99. The molecule has 0 heterocycles. The monoisotopic (exact) mass is 262 g/mol. The van der Waals surface area contributed by atoms with E-state index >= 15 is 0 Å². The van der Waals surface area contributed by atoms with Gasteiger partial charge in [-0.25, -0.2) is 0 Å². The van der Waals surface area contributed by atoms with E-state index in [0.29, 0.717) is 16.1 Å². The summed E-state index contributed by atoms with van der Waals surface area (Å²) < 4.78 is 0. The molecular formula is C14H11ClOS. The van der Waals surface area contributed by atoms with Crippen molar-refractivity contribution in [1.82, 2.24) is 0 Å². The number of hydrogen-bond acceptors (Lipinski definition) is 2. The molecule has 0 amide bonds. The van der Waals surface area contributed by atoms with Crippen LogP contribution in [0.4, 0.5) is 0 Å². The molecule has 3 heteroatoms. The fourth-order valence-electron chi connectivity index (χ4n) is 1.57. The summed E-state index contributed by atoms with van der Waals surface area (Å²) in [7, 11) is 0. The highest BCUT2D eigenvalue weighted by atomic mass is 35.5. The first-order valence-electron chi connectivity index (χ1n) is 5.15. The molecule has 0 N–H and O–H groups in total. The summed E-state index contributed by atoms with van der Waals surface area (Å²) in [5, 5.41) is 0.493. The molecule has 0 aliphatic heterocycles. The van der Waals surface area contributed by atoms with E-state index in [1.165, 1.54) is 0 Å². The molecule has 2 rings (SSSR count). The number of carbonyl (C=O) groups excluding carboxylic acids is 1. The smallest absolute Gasteiger partial charge is 0.194 e. The maximum Gasteiger partial charge on any atom is 0.194 e. The van der Waals surface area contributed by atoms with Gasteiger partial charge in [0.2, 0.25) is 0 Å². The Morgan fingerprint density at radius 2 is 1.88 bits per heavy atom. The van der Waals surface area contributed by atoms with Gasteiger partial charge in [-0.1, -0.05) is 35.9 Å². The number of carbonyl (C=O) groups is 1. The van der Waals surface area contributed by atoms with Crippen LogP contribution in [-0.2, 0) is 0 Å². The lowest BCUT2D eigenvalue weighted by Gasteiger charge is -2.04. The lowest BCUT2D eigenvalue weighted by Crippen LogP contribution is -2.01. The van der Waals surface area contributed by atoms with Gasteiger partial charge in [0.05, 0.1) is 5.02 Å². The van der Waals surface area contributed by atoms with Crippen molar-refractivity contribution >= 4 is 29.1 Å². The largest absolute Gasteiger partial charge is 0.289 e. The molecule has 0 unspecified atom stereocenters. The lowest BCUT2D eigenvalue weighted by atomic mass is 10.0. The van der Waals surface area contributed by atoms with Crippen LogP contribution >= 0.6 is 23.4 Å². The Morgan fingerprint density at radius 3 is 2.59 bits per heavy atom. The molecule has 2 aromatic rings. The Bertz CT molecular complexity index is 551. The minimum absolute atomic E-state index is 0.0356. The quantitative estimate of drug-likeness (QED) is 0.606. The van der Waals surface area contributed by atoms with E-state index < -0.39 is 0 Å². The standard InChI is InChI=1S/C14H11ClOS/c1-17-11-6-4-5-10(9-11)14(16)12-7-2-3-8-13(12)15/h2-9H,1H3. The number of ketones is 1. The maximum atomic E-state index is 12.2. The van der Waals surface area contributed by atoms with Crippen LogP contribution in [0, 0.1) is 0 Å². The number of halogens is 1. The minimum Gasteiger partial charge on any atom is -0.289 e. The summed E-state index contributed by atoms with van der Waals surface area (Å²) in [4.78, 5) is 13.3. The fourth-order valence-corrected chi connectivity index (χ4v) is 2.25. The molecule has 0 fully saturated rings. The molecule has 0 aliphatic rings. The summed E-state index contributed by atoms with van der Waals surface area (Å²) >= 11 is 7.63. The van der Waals surface area contributed by atoms with Gasteiger partial charge in [0.1, 0.15) is 0 Å². The highest BCUT2D eigenvalue weighted by molar-refractivity contribution is 7.98. The zero-order valence-corrected chi connectivity index (χ0v) is 10.9. The van der Waals surface area contributed by atoms with Crippen LogP contribution < -0.4 is 0 Å². The van der Waals surface area contributed by atoms with Crippen LogP contribution in [0.15, 0.2) is 53.4 Å². The first-order valence-corrected chi connectivity index (χ1v) is 6.76. The third kappa shape index (κ3) is 2.71. The van der Waals surface area contributed by atoms with Crippen molar-refractivity contribution in [2.45, 2.75) is 4.90 Å². The molecule has 0 atom stereocenters. The molecule has 0 spiro atoms. The van der Waals surface area contributed by atoms with Crippen molar-refractivity contribution in [1.29, 1.82) is 0 Å². The predicted molar refractivity (Wildman–Crippen MR) is 73.1 cm³/mol. The van der Waals surface area contributed by atoms with Gasteiger partial charge in [-0.2, -0.15) is 0 Å². The first-order chi connectivity index (χ1) is 8.22. The summed E-state index contributed by atoms with van der Waals surface area (Å²) in [6.45, 7) is 0. The van der Waals surface area contributed by atoms with Crippen LogP contribution in [-0.4, -0.2) is 12.0 Å². The normalized spacial score (nSPS) is 10.2. The van der Waals surface area contributed by atoms with Crippen molar-refractivity contribution in [3.8, 4) is 0 Å². The van der Waals surface area contributed by atoms with Crippen LogP contribution in [0.3, 0.4) is 0 Å². The Hall–Kier alpha value is -1.25. The van der Waals surface area contributed by atoms with Gasteiger partial charge in [-0.3, -0.25) is 4.79 Å². The molecule has 2 aromatic carbocycles. The van der Waals surface area contributed by atoms with E-state index in [1.807, 2.05) is 42.7 Å². The molecule has 0 bridgehead atoms. The zero-order valence-electron chi connectivity index (χ0n) is 9.31. The van der Waals surface area contributed by atoms with E-state index in [-0.39, 0.29) is 5.78 Å². The predicted octanol–water partition coefficient (Wildman–Crippen LogP) is 4.29. The topological polar surface area (TPSA) is 17.1 Å². The highest BCUT2D eigenvalue weighted by Gasteiger charge is 2.12. The van der Waals surface area contributed by atoms with Gasteiger partial charge in [0.25, 0.3) is 0 Å². The molecule has 0 saturated heterocycles. The summed E-state index contributed by atoms with van der Waals surface area (Å²) in [5.41, 5.74) is 1.22. The van der Waals surface area contributed by atoms with E-state index in [0.717, 1.165) is 4.90 Å². The Kier molecular flexibility index (Phi) is 3.87. The van der Waals surface area contributed by atoms with E-state index in [2.05, 4.69) is 0 Å². The molecule has 0 aromatic heterocycles. The van der Waals surface area contributed by atoms with E-state index in [9.17, 15) is 4.79 Å². The molecule has 0 radical (unpaired) electrons. The van der Waals surface area contributed by atoms with Crippen molar-refractivity contribution in [3.05, 3.63) is 64.7 Å². The van der Waals surface area contributed by atoms with Gasteiger partial charge in [-0.15, -0.1) is 11.8 Å². The van der Waals surface area contributed by atoms with Gasteiger partial charge < -0.3 is 0 Å². The number of thioether (sulfide) groups is 1.